The monoisotopic (exact) mass is 363 g/mol. The zero-order valence-electron chi connectivity index (χ0n) is 15.2. The summed E-state index contributed by atoms with van der Waals surface area (Å²) < 4.78 is 26.9. The van der Waals surface area contributed by atoms with Gasteiger partial charge in [-0.2, -0.15) is 5.10 Å². The highest BCUT2D eigenvalue weighted by Gasteiger charge is 2.26. The van der Waals surface area contributed by atoms with Crippen molar-refractivity contribution < 1.29 is 8.42 Å². The molecule has 0 saturated carbocycles. The minimum absolute atomic E-state index is 0.297. The molecule has 0 spiro atoms. The van der Waals surface area contributed by atoms with Crippen LogP contribution in [0.5, 0.6) is 0 Å². The molecule has 0 N–H and O–H groups in total. The largest absolute Gasteiger partial charge is 0.272 e. The zero-order chi connectivity index (χ0) is 18.2. The van der Waals surface area contributed by atoms with Crippen LogP contribution in [-0.2, 0) is 23.5 Å². The predicted molar refractivity (Wildman–Crippen MR) is 96.6 cm³/mol. The van der Waals surface area contributed by atoms with Crippen LogP contribution in [-0.4, -0.2) is 51.8 Å². The summed E-state index contributed by atoms with van der Waals surface area (Å²) in [6, 6.07) is 0. The van der Waals surface area contributed by atoms with Crippen molar-refractivity contribution >= 4 is 10.0 Å². The molecule has 0 amide bonds. The molecule has 7 nitrogen and oxygen atoms in total. The molecule has 1 fully saturated rings. The average Bonchev–Trinajstić information content (AvgIpc) is 2.80. The molecule has 25 heavy (non-hydrogen) atoms. The molecule has 0 radical (unpaired) electrons. The van der Waals surface area contributed by atoms with Crippen LogP contribution in [0, 0.1) is 19.8 Å². The normalized spacial score (nSPS) is 19.3. The molecule has 2 aromatic rings. The lowest BCUT2D eigenvalue weighted by atomic mass is 9.95. The van der Waals surface area contributed by atoms with E-state index in [1.807, 2.05) is 25.6 Å². The molecular formula is C17H25N5O2S. The Kier molecular flexibility index (Phi) is 4.92. The summed E-state index contributed by atoms with van der Waals surface area (Å²) in [4.78, 5) is 9.13. The van der Waals surface area contributed by atoms with E-state index in [9.17, 15) is 8.42 Å². The van der Waals surface area contributed by atoms with Crippen molar-refractivity contribution in [1.82, 2.24) is 24.1 Å². The van der Waals surface area contributed by atoms with E-state index < -0.39 is 10.0 Å². The molecule has 0 aliphatic carbocycles. The lowest BCUT2D eigenvalue weighted by Crippen LogP contribution is -2.39. The maximum absolute atomic E-state index is 11.7. The molecule has 3 heterocycles. The summed E-state index contributed by atoms with van der Waals surface area (Å²) in [7, 11) is -1.19. The molecule has 3 rings (SSSR count). The molecule has 0 bridgehead atoms. The topological polar surface area (TPSA) is 81.0 Å². The number of hydrogen-bond donors (Lipinski definition) is 0. The van der Waals surface area contributed by atoms with Gasteiger partial charge in [0.1, 0.15) is 0 Å². The maximum atomic E-state index is 11.7. The van der Waals surface area contributed by atoms with E-state index in [1.165, 1.54) is 6.26 Å². The second kappa shape index (κ2) is 6.84. The van der Waals surface area contributed by atoms with Crippen molar-refractivity contribution in [2.75, 3.05) is 19.3 Å². The fraction of sp³-hybridized carbons (Fsp3) is 0.588. The van der Waals surface area contributed by atoms with E-state index >= 15 is 0 Å². The zero-order valence-corrected chi connectivity index (χ0v) is 16.0. The van der Waals surface area contributed by atoms with Gasteiger partial charge in [-0.1, -0.05) is 0 Å². The number of hydrogen-bond acceptors (Lipinski definition) is 5. The van der Waals surface area contributed by atoms with Gasteiger partial charge < -0.3 is 0 Å². The van der Waals surface area contributed by atoms with Crippen LogP contribution in [0.25, 0.3) is 11.3 Å². The lowest BCUT2D eigenvalue weighted by Gasteiger charge is -2.30. The Morgan fingerprint density at radius 2 is 2.00 bits per heavy atom. The Morgan fingerprint density at radius 3 is 2.56 bits per heavy atom. The maximum Gasteiger partial charge on any atom is 0.211 e. The minimum Gasteiger partial charge on any atom is -0.272 e. The van der Waals surface area contributed by atoms with Crippen molar-refractivity contribution in [1.29, 1.82) is 0 Å². The minimum atomic E-state index is -3.11. The molecule has 136 valence electrons. The number of nitrogens with zero attached hydrogens (tertiary/aromatic N) is 5. The molecule has 8 heteroatoms. The third-order valence-corrected chi connectivity index (χ3v) is 6.19. The Balaban J connectivity index is 1.73. The quantitative estimate of drug-likeness (QED) is 0.826. The van der Waals surface area contributed by atoms with Gasteiger partial charge in [0.05, 0.1) is 29.5 Å². The summed E-state index contributed by atoms with van der Waals surface area (Å²) in [5, 5.41) is 4.42. The van der Waals surface area contributed by atoms with Crippen LogP contribution in [0.2, 0.25) is 0 Å². The van der Waals surface area contributed by atoms with Crippen LogP contribution < -0.4 is 0 Å². The lowest BCUT2D eigenvalue weighted by molar-refractivity contribution is 0.265. The summed E-state index contributed by atoms with van der Waals surface area (Å²) in [6.07, 6.45) is 7.56. The number of rotatable bonds is 4. The van der Waals surface area contributed by atoms with Crippen molar-refractivity contribution in [3.63, 3.8) is 0 Å². The van der Waals surface area contributed by atoms with Crippen molar-refractivity contribution in [3.8, 4) is 11.3 Å². The van der Waals surface area contributed by atoms with E-state index in [0.717, 1.165) is 47.6 Å². The number of piperidine rings is 1. The van der Waals surface area contributed by atoms with Crippen molar-refractivity contribution in [3.05, 3.63) is 29.5 Å². The van der Waals surface area contributed by atoms with Gasteiger partial charge in [0, 0.05) is 37.6 Å². The molecule has 0 aromatic carbocycles. The molecule has 0 unspecified atom stereocenters. The van der Waals surface area contributed by atoms with Crippen LogP contribution in [0.1, 0.15) is 29.9 Å². The van der Waals surface area contributed by atoms with Gasteiger partial charge in [-0.25, -0.2) is 12.7 Å². The van der Waals surface area contributed by atoms with Gasteiger partial charge in [-0.05, 0) is 39.0 Å². The molecule has 1 aliphatic rings. The first kappa shape index (κ1) is 18.0. The molecule has 1 atom stereocenters. The number of aryl methyl sites for hydroxylation is 2. The van der Waals surface area contributed by atoms with Crippen LogP contribution in [0.4, 0.5) is 0 Å². The third-order valence-electron chi connectivity index (χ3n) is 4.92. The molecular weight excluding hydrogens is 338 g/mol. The fourth-order valence-corrected chi connectivity index (χ4v) is 4.47. The van der Waals surface area contributed by atoms with E-state index in [2.05, 4.69) is 15.1 Å². The summed E-state index contributed by atoms with van der Waals surface area (Å²) in [5.74, 6) is 0.297. The second-order valence-electron chi connectivity index (χ2n) is 6.90. The Hall–Kier alpha value is -1.80. The smallest absolute Gasteiger partial charge is 0.211 e. The van der Waals surface area contributed by atoms with Crippen molar-refractivity contribution in [2.24, 2.45) is 13.0 Å². The van der Waals surface area contributed by atoms with Gasteiger partial charge in [0.2, 0.25) is 10.0 Å². The van der Waals surface area contributed by atoms with E-state index in [4.69, 9.17) is 0 Å². The summed E-state index contributed by atoms with van der Waals surface area (Å²) in [6.45, 7) is 5.19. The first-order chi connectivity index (χ1) is 11.8. The van der Waals surface area contributed by atoms with Crippen LogP contribution >= 0.6 is 0 Å². The predicted octanol–water partition coefficient (Wildman–Crippen LogP) is 1.71. The van der Waals surface area contributed by atoms with Crippen molar-refractivity contribution in [2.45, 2.75) is 33.1 Å². The van der Waals surface area contributed by atoms with Gasteiger partial charge in [-0.15, -0.1) is 0 Å². The van der Waals surface area contributed by atoms with Crippen LogP contribution in [0.15, 0.2) is 12.4 Å². The first-order valence-corrected chi connectivity index (χ1v) is 10.4. The average molecular weight is 363 g/mol. The fourth-order valence-electron chi connectivity index (χ4n) is 3.52. The van der Waals surface area contributed by atoms with Gasteiger partial charge in [0.15, 0.2) is 0 Å². The number of aromatic nitrogens is 4. The molecule has 1 aliphatic heterocycles. The van der Waals surface area contributed by atoms with Crippen LogP contribution in [0.3, 0.4) is 0 Å². The highest BCUT2D eigenvalue weighted by Crippen LogP contribution is 2.25. The highest BCUT2D eigenvalue weighted by atomic mass is 32.2. The van der Waals surface area contributed by atoms with E-state index in [0.29, 0.717) is 19.0 Å². The highest BCUT2D eigenvalue weighted by molar-refractivity contribution is 7.88. The molecule has 2 aromatic heterocycles. The standard InChI is InChI=1S/C17H25N5O2S/c1-12-17(13(2)21(3)20-12)16-10-18-15(9-19-16)8-14-6-5-7-22(11-14)25(4,23)24/h9-10,14H,5-8,11H2,1-4H3/t14-/m0/s1. The SMILES string of the molecule is Cc1nn(C)c(C)c1-c1cnc(C[C@@H]2CCCN(S(C)(=O)=O)C2)cn1. The first-order valence-electron chi connectivity index (χ1n) is 8.52. The van der Waals surface area contributed by atoms with Gasteiger partial charge in [-0.3, -0.25) is 14.6 Å². The summed E-state index contributed by atoms with van der Waals surface area (Å²) >= 11 is 0. The van der Waals surface area contributed by atoms with Gasteiger partial charge >= 0.3 is 0 Å². The third kappa shape index (κ3) is 3.90. The summed E-state index contributed by atoms with van der Waals surface area (Å²) in [5.41, 5.74) is 4.77. The second-order valence-corrected chi connectivity index (χ2v) is 8.88. The Labute approximate surface area is 149 Å². The number of sulfonamides is 1. The Bertz CT molecular complexity index is 858. The Morgan fingerprint density at radius 1 is 1.24 bits per heavy atom. The van der Waals surface area contributed by atoms with E-state index in [1.54, 1.807) is 16.7 Å². The van der Waals surface area contributed by atoms with E-state index in [-0.39, 0.29) is 0 Å². The van der Waals surface area contributed by atoms with Gasteiger partial charge in [0.25, 0.3) is 0 Å². The molecule has 1 saturated heterocycles.